The number of rotatable bonds is 4. The van der Waals surface area contributed by atoms with E-state index in [1.807, 2.05) is 30.6 Å². The van der Waals surface area contributed by atoms with E-state index < -0.39 is 0 Å². The van der Waals surface area contributed by atoms with Gasteiger partial charge in [0, 0.05) is 55.7 Å². The number of hydrazine groups is 1. The van der Waals surface area contributed by atoms with Crippen molar-refractivity contribution < 1.29 is 4.74 Å². The third-order valence-corrected chi connectivity index (χ3v) is 5.91. The van der Waals surface area contributed by atoms with E-state index in [0.29, 0.717) is 5.88 Å². The number of pyridine rings is 2. The highest BCUT2D eigenvalue weighted by Crippen LogP contribution is 2.31. The highest BCUT2D eigenvalue weighted by atomic mass is 16.5. The van der Waals surface area contributed by atoms with Crippen molar-refractivity contribution in [2.24, 2.45) is 0 Å². The normalized spacial score (nSPS) is 19.0. The second-order valence-electron chi connectivity index (χ2n) is 7.68. The molecule has 1 unspecified atom stereocenters. The van der Waals surface area contributed by atoms with Gasteiger partial charge in [0.1, 0.15) is 5.82 Å². The molecule has 2 aliphatic rings. The molecule has 1 saturated heterocycles. The van der Waals surface area contributed by atoms with Crippen LogP contribution in [0, 0.1) is 0 Å². The fraction of sp³-hybridized carbons (Fsp3) is 0.304. The first-order chi connectivity index (χ1) is 14.7. The summed E-state index contributed by atoms with van der Waals surface area (Å²) in [5.41, 5.74) is 11.1. The first-order valence-corrected chi connectivity index (χ1v) is 10.3. The Morgan fingerprint density at radius 1 is 1.03 bits per heavy atom. The first kappa shape index (κ1) is 18.7. The molecule has 2 N–H and O–H groups in total. The monoisotopic (exact) mass is 402 g/mol. The molecule has 2 aromatic heterocycles. The molecular formula is C23H26N6O. The third kappa shape index (κ3) is 3.41. The minimum atomic E-state index is 0.279. The SMILES string of the molecule is COc1cccc(N2CCN(c3ccnc4ccc(C5=CNNC5C)cc34)CC2)n1. The Morgan fingerprint density at radius 3 is 2.63 bits per heavy atom. The Kier molecular flexibility index (Phi) is 4.88. The van der Waals surface area contributed by atoms with Gasteiger partial charge in [-0.2, -0.15) is 4.98 Å². The molecule has 3 aromatic rings. The maximum atomic E-state index is 5.28. The van der Waals surface area contributed by atoms with Crippen LogP contribution in [0.5, 0.6) is 5.88 Å². The lowest BCUT2D eigenvalue weighted by atomic mass is 9.99. The number of anilines is 2. The molecule has 1 atom stereocenters. The Bertz CT molecular complexity index is 1090. The van der Waals surface area contributed by atoms with Crippen molar-refractivity contribution in [1.29, 1.82) is 0 Å². The average Bonchev–Trinajstić information content (AvgIpc) is 3.24. The van der Waals surface area contributed by atoms with Crippen LogP contribution in [0.25, 0.3) is 16.5 Å². The summed E-state index contributed by atoms with van der Waals surface area (Å²) in [7, 11) is 1.65. The summed E-state index contributed by atoms with van der Waals surface area (Å²) >= 11 is 0. The molecule has 4 heterocycles. The van der Waals surface area contributed by atoms with Crippen molar-refractivity contribution in [3.63, 3.8) is 0 Å². The summed E-state index contributed by atoms with van der Waals surface area (Å²) in [4.78, 5) is 13.9. The first-order valence-electron chi connectivity index (χ1n) is 10.3. The van der Waals surface area contributed by atoms with E-state index in [2.05, 4.69) is 61.8 Å². The summed E-state index contributed by atoms with van der Waals surface area (Å²) in [6.45, 7) is 5.86. The number of ether oxygens (including phenoxy) is 1. The zero-order valence-electron chi connectivity index (χ0n) is 17.3. The molecule has 0 aliphatic carbocycles. The molecule has 7 nitrogen and oxygen atoms in total. The minimum absolute atomic E-state index is 0.279. The van der Waals surface area contributed by atoms with Crippen LogP contribution < -0.4 is 25.4 Å². The Balaban J connectivity index is 1.40. The Hall–Kier alpha value is -3.32. The van der Waals surface area contributed by atoms with Crippen LogP contribution in [0.3, 0.4) is 0 Å². The van der Waals surface area contributed by atoms with Crippen LogP contribution in [0.4, 0.5) is 11.5 Å². The molecule has 154 valence electrons. The van der Waals surface area contributed by atoms with Gasteiger partial charge in [-0.1, -0.05) is 12.1 Å². The summed E-state index contributed by atoms with van der Waals surface area (Å²) in [6.07, 6.45) is 3.95. The van der Waals surface area contributed by atoms with Crippen molar-refractivity contribution in [1.82, 2.24) is 20.8 Å². The maximum absolute atomic E-state index is 5.28. The lowest BCUT2D eigenvalue weighted by Gasteiger charge is -2.37. The molecule has 5 rings (SSSR count). The molecule has 1 fully saturated rings. The zero-order valence-corrected chi connectivity index (χ0v) is 17.3. The predicted octanol–water partition coefficient (Wildman–Crippen LogP) is 2.80. The lowest BCUT2D eigenvalue weighted by Crippen LogP contribution is -2.46. The number of nitrogens with one attached hydrogen (secondary N) is 2. The van der Waals surface area contributed by atoms with Crippen LogP contribution in [0.2, 0.25) is 0 Å². The number of piperazine rings is 1. The topological polar surface area (TPSA) is 65.6 Å². The second-order valence-corrected chi connectivity index (χ2v) is 7.68. The maximum Gasteiger partial charge on any atom is 0.214 e. The molecule has 30 heavy (non-hydrogen) atoms. The van der Waals surface area contributed by atoms with E-state index in [1.54, 1.807) is 7.11 Å². The molecule has 0 spiro atoms. The largest absolute Gasteiger partial charge is 0.481 e. The van der Waals surface area contributed by atoms with E-state index in [0.717, 1.165) is 37.5 Å². The lowest BCUT2D eigenvalue weighted by molar-refractivity contribution is 0.397. The fourth-order valence-corrected chi connectivity index (χ4v) is 4.24. The van der Waals surface area contributed by atoms with Crippen molar-refractivity contribution in [3.05, 3.63) is 60.4 Å². The summed E-state index contributed by atoms with van der Waals surface area (Å²) in [5, 5.41) is 1.20. The number of methoxy groups -OCH3 is 1. The van der Waals surface area contributed by atoms with Gasteiger partial charge < -0.3 is 20.0 Å². The minimum Gasteiger partial charge on any atom is -0.481 e. The van der Waals surface area contributed by atoms with E-state index in [4.69, 9.17) is 4.74 Å². The number of nitrogens with zero attached hydrogens (tertiary/aromatic N) is 4. The molecule has 0 saturated carbocycles. The van der Waals surface area contributed by atoms with Gasteiger partial charge >= 0.3 is 0 Å². The van der Waals surface area contributed by atoms with E-state index in [-0.39, 0.29) is 6.04 Å². The van der Waals surface area contributed by atoms with E-state index >= 15 is 0 Å². The van der Waals surface area contributed by atoms with Crippen LogP contribution in [0.15, 0.2) is 54.9 Å². The van der Waals surface area contributed by atoms with Crippen molar-refractivity contribution in [2.75, 3.05) is 43.1 Å². The summed E-state index contributed by atoms with van der Waals surface area (Å²) < 4.78 is 5.28. The third-order valence-electron chi connectivity index (χ3n) is 5.91. The molecular weight excluding hydrogens is 376 g/mol. The Labute approximate surface area is 176 Å². The zero-order chi connectivity index (χ0) is 20.5. The van der Waals surface area contributed by atoms with Gasteiger partial charge in [0.15, 0.2) is 0 Å². The van der Waals surface area contributed by atoms with Gasteiger partial charge in [-0.15, -0.1) is 0 Å². The van der Waals surface area contributed by atoms with Gasteiger partial charge in [-0.3, -0.25) is 4.98 Å². The molecule has 7 heteroatoms. The summed E-state index contributed by atoms with van der Waals surface area (Å²) in [5.74, 6) is 1.63. The molecule has 0 radical (unpaired) electrons. The second kappa shape index (κ2) is 7.84. The number of hydrogen-bond acceptors (Lipinski definition) is 7. The number of fused-ring (bicyclic) bond motifs is 1. The predicted molar refractivity (Wildman–Crippen MR) is 121 cm³/mol. The molecule has 0 bridgehead atoms. The van der Waals surface area contributed by atoms with Crippen molar-refractivity contribution in [2.45, 2.75) is 13.0 Å². The molecule has 2 aliphatic heterocycles. The van der Waals surface area contributed by atoms with E-state index in [1.165, 1.54) is 22.2 Å². The number of benzene rings is 1. The van der Waals surface area contributed by atoms with Gasteiger partial charge in [-0.25, -0.2) is 5.43 Å². The van der Waals surface area contributed by atoms with E-state index in [9.17, 15) is 0 Å². The van der Waals surface area contributed by atoms with Crippen LogP contribution in [-0.4, -0.2) is 49.3 Å². The van der Waals surface area contributed by atoms with Gasteiger partial charge in [0.05, 0.1) is 18.7 Å². The molecule has 1 aromatic carbocycles. The quantitative estimate of drug-likeness (QED) is 0.696. The standard InChI is InChI=1S/C23H26N6O/c1-16-19(15-25-27-16)17-6-7-20-18(14-17)21(8-9-24-20)28-10-12-29(13-11-28)22-4-3-5-23(26-22)30-2/h3-9,14-16,25,27H,10-13H2,1-2H3. The van der Waals surface area contributed by atoms with Gasteiger partial charge in [0.2, 0.25) is 5.88 Å². The highest BCUT2D eigenvalue weighted by molar-refractivity contribution is 5.94. The van der Waals surface area contributed by atoms with Crippen molar-refractivity contribution >= 4 is 28.0 Å². The number of aromatic nitrogens is 2. The number of hydrogen-bond donors (Lipinski definition) is 2. The smallest absolute Gasteiger partial charge is 0.214 e. The van der Waals surface area contributed by atoms with Gasteiger partial charge in [0.25, 0.3) is 0 Å². The highest BCUT2D eigenvalue weighted by Gasteiger charge is 2.21. The van der Waals surface area contributed by atoms with Crippen LogP contribution in [-0.2, 0) is 0 Å². The molecule has 0 amide bonds. The fourth-order valence-electron chi connectivity index (χ4n) is 4.24. The Morgan fingerprint density at radius 2 is 1.87 bits per heavy atom. The van der Waals surface area contributed by atoms with Crippen molar-refractivity contribution in [3.8, 4) is 5.88 Å². The van der Waals surface area contributed by atoms with Crippen LogP contribution >= 0.6 is 0 Å². The van der Waals surface area contributed by atoms with Gasteiger partial charge in [-0.05, 0) is 42.3 Å². The van der Waals surface area contributed by atoms with Crippen LogP contribution in [0.1, 0.15) is 12.5 Å². The average molecular weight is 403 g/mol. The summed E-state index contributed by atoms with van der Waals surface area (Å²) in [6, 6.07) is 14.9.